The maximum atomic E-state index is 13.8. The number of hydrogen-bond donors (Lipinski definition) is 2. The lowest BCUT2D eigenvalue weighted by atomic mass is 9.96. The average molecular weight is 530 g/mol. The van der Waals surface area contributed by atoms with Crippen molar-refractivity contribution in [3.8, 4) is 0 Å². The Labute approximate surface area is 211 Å². The highest BCUT2D eigenvalue weighted by atomic mass is 32.2. The van der Waals surface area contributed by atoms with Crippen LogP contribution in [-0.4, -0.2) is 112 Å². The van der Waals surface area contributed by atoms with Crippen molar-refractivity contribution < 1.29 is 36.9 Å². The fourth-order valence-electron chi connectivity index (χ4n) is 4.97. The minimum atomic E-state index is -4.09. The van der Waals surface area contributed by atoms with Crippen molar-refractivity contribution in [1.82, 2.24) is 14.5 Å². The summed E-state index contributed by atoms with van der Waals surface area (Å²) in [7, 11) is -4.09. The van der Waals surface area contributed by atoms with Crippen molar-refractivity contribution in [2.24, 2.45) is 0 Å². The highest BCUT2D eigenvalue weighted by Gasteiger charge is 2.43. The molecule has 202 valence electrons. The van der Waals surface area contributed by atoms with Crippen molar-refractivity contribution in [1.29, 1.82) is 0 Å². The van der Waals surface area contributed by atoms with Crippen LogP contribution < -0.4 is 5.32 Å². The zero-order chi connectivity index (χ0) is 25.5. The molecule has 3 aliphatic rings. The molecule has 0 bridgehead atoms. The van der Waals surface area contributed by atoms with Crippen LogP contribution in [0.2, 0.25) is 0 Å². The molecule has 1 aromatic carbocycles. The van der Waals surface area contributed by atoms with Gasteiger partial charge in [0.15, 0.2) is 0 Å². The highest BCUT2D eigenvalue weighted by Crippen LogP contribution is 2.31. The molecule has 0 unspecified atom stereocenters. The number of carbonyl (C=O) groups is 1. The van der Waals surface area contributed by atoms with Crippen molar-refractivity contribution in [2.45, 2.75) is 54.9 Å². The SMILES string of the molecule is O=C(C[C@H]1CC[C@H]2[C@@H](COC[C@H](O)CN2S(=O)(=O)c2cccc(F)c2)O1)NCCCN1CCOCC1. The van der Waals surface area contributed by atoms with E-state index < -0.39 is 34.1 Å². The summed E-state index contributed by atoms with van der Waals surface area (Å²) in [5, 5.41) is 13.2. The molecule has 0 radical (unpaired) electrons. The zero-order valence-electron chi connectivity index (χ0n) is 20.4. The Morgan fingerprint density at radius 3 is 2.75 bits per heavy atom. The van der Waals surface area contributed by atoms with E-state index in [4.69, 9.17) is 14.2 Å². The molecule has 0 saturated carbocycles. The quantitative estimate of drug-likeness (QED) is 0.464. The Hall–Kier alpha value is -1.67. The van der Waals surface area contributed by atoms with Crippen LogP contribution in [0, 0.1) is 5.82 Å². The van der Waals surface area contributed by atoms with Crippen LogP contribution in [0.5, 0.6) is 0 Å². The first-order valence-electron chi connectivity index (χ1n) is 12.6. The molecule has 3 fully saturated rings. The Balaban J connectivity index is 1.33. The number of morpholine rings is 1. The summed E-state index contributed by atoms with van der Waals surface area (Å²) in [5.41, 5.74) is 0. The first-order valence-corrected chi connectivity index (χ1v) is 14.0. The van der Waals surface area contributed by atoms with Gasteiger partial charge in [0.1, 0.15) is 5.82 Å². The van der Waals surface area contributed by atoms with Gasteiger partial charge in [0.05, 0.1) is 62.1 Å². The number of aliphatic hydroxyl groups is 1. The number of aliphatic hydroxyl groups excluding tert-OH is 1. The molecular weight excluding hydrogens is 493 g/mol. The van der Waals surface area contributed by atoms with E-state index in [0.717, 1.165) is 45.3 Å². The first kappa shape index (κ1) is 27.4. The number of nitrogens with zero attached hydrogens (tertiary/aromatic N) is 2. The second-order valence-electron chi connectivity index (χ2n) is 9.53. The lowest BCUT2D eigenvalue weighted by molar-refractivity contribution is -0.146. The predicted octanol–water partition coefficient (Wildman–Crippen LogP) is 0.352. The largest absolute Gasteiger partial charge is 0.389 e. The van der Waals surface area contributed by atoms with Crippen molar-refractivity contribution in [2.75, 3.05) is 59.2 Å². The third kappa shape index (κ3) is 7.21. The van der Waals surface area contributed by atoms with Crippen LogP contribution in [0.25, 0.3) is 0 Å². The molecule has 12 heteroatoms. The van der Waals surface area contributed by atoms with Crippen molar-refractivity contribution in [3.05, 3.63) is 30.1 Å². The van der Waals surface area contributed by atoms with Crippen LogP contribution in [0.1, 0.15) is 25.7 Å². The summed E-state index contributed by atoms with van der Waals surface area (Å²) in [5.74, 6) is -0.758. The van der Waals surface area contributed by atoms with E-state index in [2.05, 4.69) is 10.2 Å². The van der Waals surface area contributed by atoms with Crippen LogP contribution in [-0.2, 0) is 29.0 Å². The molecule has 3 heterocycles. The molecule has 1 aromatic rings. The van der Waals surface area contributed by atoms with Gasteiger partial charge in [0.2, 0.25) is 15.9 Å². The summed E-state index contributed by atoms with van der Waals surface area (Å²) >= 11 is 0. The van der Waals surface area contributed by atoms with E-state index in [0.29, 0.717) is 19.4 Å². The molecule has 0 aromatic heterocycles. The van der Waals surface area contributed by atoms with Crippen LogP contribution >= 0.6 is 0 Å². The van der Waals surface area contributed by atoms with E-state index in [1.165, 1.54) is 22.5 Å². The molecular formula is C24H36FN3O7S. The molecule has 4 rings (SSSR count). The number of benzene rings is 1. The van der Waals surface area contributed by atoms with Gasteiger partial charge in [0.25, 0.3) is 0 Å². The summed E-state index contributed by atoms with van der Waals surface area (Å²) < 4.78 is 58.8. The third-order valence-corrected chi connectivity index (χ3v) is 8.71. The molecule has 0 spiro atoms. The fourth-order valence-corrected chi connectivity index (χ4v) is 6.72. The Bertz CT molecular complexity index is 976. The van der Waals surface area contributed by atoms with E-state index in [1.54, 1.807) is 0 Å². The predicted molar refractivity (Wildman–Crippen MR) is 128 cm³/mol. The minimum Gasteiger partial charge on any atom is -0.389 e. The van der Waals surface area contributed by atoms with Gasteiger partial charge < -0.3 is 24.6 Å². The second-order valence-corrected chi connectivity index (χ2v) is 11.4. The first-order chi connectivity index (χ1) is 17.3. The molecule has 10 nitrogen and oxygen atoms in total. The monoisotopic (exact) mass is 529 g/mol. The van der Waals surface area contributed by atoms with Crippen LogP contribution in [0.3, 0.4) is 0 Å². The number of β-amino-alcohol motifs (C(OH)–C–C–N with tert-alkyl or cyclic N) is 1. The minimum absolute atomic E-state index is 0.0456. The Morgan fingerprint density at radius 1 is 1.17 bits per heavy atom. The number of carbonyl (C=O) groups excluding carboxylic acids is 1. The van der Waals surface area contributed by atoms with Crippen molar-refractivity contribution >= 4 is 15.9 Å². The second kappa shape index (κ2) is 12.7. The summed E-state index contributed by atoms with van der Waals surface area (Å²) in [6, 6.07) is 4.24. The molecule has 36 heavy (non-hydrogen) atoms. The fraction of sp³-hybridized carbons (Fsp3) is 0.708. The van der Waals surface area contributed by atoms with Crippen molar-refractivity contribution in [3.63, 3.8) is 0 Å². The maximum absolute atomic E-state index is 13.8. The molecule has 4 atom stereocenters. The number of fused-ring (bicyclic) bond motifs is 1. The number of sulfonamides is 1. The van der Waals surface area contributed by atoms with Gasteiger partial charge in [-0.05, 0) is 44.0 Å². The van der Waals surface area contributed by atoms with Gasteiger partial charge in [-0.2, -0.15) is 4.31 Å². The summed E-state index contributed by atoms with van der Waals surface area (Å²) in [6.45, 7) is 4.67. The highest BCUT2D eigenvalue weighted by molar-refractivity contribution is 7.89. The summed E-state index contributed by atoms with van der Waals surface area (Å²) in [4.78, 5) is 14.6. The van der Waals surface area contributed by atoms with E-state index >= 15 is 0 Å². The standard InChI is InChI=1S/C24H36FN3O7S/c25-18-3-1-4-21(13-18)36(31,32)28-15-19(29)16-34-17-23-22(28)6-5-20(35-23)14-24(30)26-7-2-8-27-9-11-33-12-10-27/h1,3-4,13,19-20,22-23,29H,2,5-12,14-17H2,(H,26,30)/t19-,20-,22+,23-/m1/s1. The number of hydrogen-bond acceptors (Lipinski definition) is 8. The zero-order valence-corrected chi connectivity index (χ0v) is 21.2. The Kier molecular flexibility index (Phi) is 9.67. The van der Waals surface area contributed by atoms with E-state index in [9.17, 15) is 22.7 Å². The number of halogens is 1. The van der Waals surface area contributed by atoms with Gasteiger partial charge in [0, 0.05) is 26.2 Å². The van der Waals surface area contributed by atoms with Crippen LogP contribution in [0.15, 0.2) is 29.2 Å². The van der Waals surface area contributed by atoms with Gasteiger partial charge >= 0.3 is 0 Å². The van der Waals surface area contributed by atoms with E-state index in [1.807, 2.05) is 0 Å². The molecule has 1 amide bonds. The van der Waals surface area contributed by atoms with E-state index in [-0.39, 0.29) is 43.1 Å². The number of ether oxygens (including phenoxy) is 3. The molecule has 3 saturated heterocycles. The van der Waals surface area contributed by atoms with Gasteiger partial charge in [-0.1, -0.05) is 6.07 Å². The van der Waals surface area contributed by atoms with Crippen LogP contribution in [0.4, 0.5) is 4.39 Å². The Morgan fingerprint density at radius 2 is 1.97 bits per heavy atom. The van der Waals surface area contributed by atoms with Gasteiger partial charge in [-0.25, -0.2) is 12.8 Å². The molecule has 0 aliphatic carbocycles. The topological polar surface area (TPSA) is 118 Å². The van der Waals surface area contributed by atoms with Gasteiger partial charge in [-0.3, -0.25) is 9.69 Å². The lowest BCUT2D eigenvalue weighted by Gasteiger charge is -2.43. The smallest absolute Gasteiger partial charge is 0.243 e. The normalized spacial score (nSPS) is 28.6. The maximum Gasteiger partial charge on any atom is 0.243 e. The number of amides is 1. The third-order valence-electron chi connectivity index (χ3n) is 6.83. The van der Waals surface area contributed by atoms with Gasteiger partial charge in [-0.15, -0.1) is 0 Å². The molecule has 2 N–H and O–H groups in total. The summed E-state index contributed by atoms with van der Waals surface area (Å²) in [6.07, 6.45) is -0.0377. The number of rotatable bonds is 8. The average Bonchev–Trinajstić information content (AvgIpc) is 2.85. The lowest BCUT2D eigenvalue weighted by Crippen LogP contribution is -2.57. The number of nitrogens with one attached hydrogen (secondary N) is 1. The molecule has 3 aliphatic heterocycles.